The average Bonchev–Trinajstić information content (AvgIpc) is 1.61. The van der Waals surface area contributed by atoms with E-state index in [-0.39, 0.29) is 44.2 Å². The van der Waals surface area contributed by atoms with Gasteiger partial charge in [0.1, 0.15) is 51.6 Å². The zero-order chi connectivity index (χ0) is 106. The van der Waals surface area contributed by atoms with Crippen LogP contribution in [0.4, 0.5) is 5.69 Å². The van der Waals surface area contributed by atoms with Crippen molar-refractivity contribution in [3.8, 4) is 0 Å². The number of nitrogens with one attached hydrogen (secondary N) is 6. The Balaban J connectivity index is 0.000000119. The summed E-state index contributed by atoms with van der Waals surface area (Å²) in [6, 6.07) is 60.9. The molecule has 31 heteroatoms. The van der Waals surface area contributed by atoms with Crippen molar-refractivity contribution in [1.29, 1.82) is 0 Å². The quantitative estimate of drug-likeness (QED) is 0.0589. The van der Waals surface area contributed by atoms with Gasteiger partial charge in [-0.25, -0.2) is 49.7 Å². The van der Waals surface area contributed by atoms with Gasteiger partial charge in [-0.3, -0.25) is 38.9 Å². The van der Waals surface area contributed by atoms with Gasteiger partial charge in [-0.2, -0.15) is 13.5 Å². The van der Waals surface area contributed by atoms with Crippen LogP contribution in [0.3, 0.4) is 0 Å². The Kier molecular flexibility index (Phi) is 31.4. The van der Waals surface area contributed by atoms with Crippen LogP contribution in [0, 0.1) is 96.9 Å². The molecule has 0 radical (unpaired) electrons. The van der Waals surface area contributed by atoms with Gasteiger partial charge in [0.05, 0.1) is 67.8 Å². The van der Waals surface area contributed by atoms with Crippen LogP contribution in [0.1, 0.15) is 188 Å². The Morgan fingerprint density at radius 2 is 0.727 bits per heavy atom. The number of hydrogen-bond donors (Lipinski definition) is 6. The van der Waals surface area contributed by atoms with E-state index in [4.69, 9.17) is 4.42 Å². The van der Waals surface area contributed by atoms with Crippen LogP contribution in [-0.4, -0.2) is 109 Å². The predicted molar refractivity (Wildman–Crippen MR) is 595 cm³/mol. The normalized spacial score (nSPS) is 14.6. The van der Waals surface area contributed by atoms with Crippen molar-refractivity contribution in [1.82, 2.24) is 94.9 Å². The SMILES string of the molecule is Cc1ccc(/C=C/C2=NS(=O)(=O)c3ccccc3N2)cc1C.Cc1ccc(/C=C/c2nc3cnccc3c(=O)[nH]2)cc1C.Cc1ccc(/C=C/c2nc3ncccc3c(=O)[nH]2)cc1C.Cc1ccc(/C=C/c2nc3ncncc3c(=O)[nH]2)cc1C.Cc1ccc(/C=C/c2nc3nnccc3c(=O)[nH]2)cc1C.Cc1ccc(C2CC2c2nc3ccncc3c(=O)[nH]2)cc1C.Cc1ccc(C2CC2c2nc3cnccc3c(=O)o2)cc1C. The molecule has 2 saturated carbocycles. The summed E-state index contributed by atoms with van der Waals surface area (Å²) in [5.41, 5.74) is 28.0. The molecule has 0 amide bonds. The Labute approximate surface area is 862 Å². The van der Waals surface area contributed by atoms with Crippen molar-refractivity contribution in [2.24, 2.45) is 4.40 Å². The Morgan fingerprint density at radius 3 is 1.25 bits per heavy atom. The second kappa shape index (κ2) is 45.8. The van der Waals surface area contributed by atoms with Crippen molar-refractivity contribution < 1.29 is 12.8 Å². The van der Waals surface area contributed by atoms with E-state index in [1.165, 1.54) is 108 Å². The number of aryl methyl sites for hydroxylation is 14. The first-order valence-electron chi connectivity index (χ1n) is 48.6. The fourth-order valence-electron chi connectivity index (χ4n) is 16.5. The minimum Gasteiger partial charge on any atom is -0.408 e. The van der Waals surface area contributed by atoms with E-state index < -0.39 is 10.0 Å². The summed E-state index contributed by atoms with van der Waals surface area (Å²) >= 11 is 0. The van der Waals surface area contributed by atoms with Crippen LogP contribution in [0.15, 0.2) is 299 Å². The van der Waals surface area contributed by atoms with Gasteiger partial charge >= 0.3 is 5.63 Å². The number of sulfonamides is 1. The molecule has 3 aliphatic rings. The van der Waals surface area contributed by atoms with Crippen LogP contribution in [0.5, 0.6) is 0 Å². The molecule has 23 rings (SSSR count). The first-order chi connectivity index (χ1) is 72.2. The van der Waals surface area contributed by atoms with Crippen molar-refractivity contribution in [3.63, 3.8) is 0 Å². The van der Waals surface area contributed by atoms with Gasteiger partial charge in [-0.15, -0.1) is 9.50 Å². The standard InChI is InChI=1S/C18H17N3O.C18H16N2O2.2C17H15N3O.C17H16N2O2S.2C16H14N4O/c1-10-3-4-12(7-11(10)2)13-8-14(13)17-20-16-5-6-19-9-15(16)18(22)21-17;1-10-3-4-12(7-11(10)2)14-8-15(14)17-20-16-9-19-6-5-13(16)18(21)22-17;1-11-3-4-13(9-12(11)2)5-6-16-19-15-10-18-8-7-14(15)17(21)20-16;1-11-5-6-13(10-12(11)2)7-8-15-19-16-14(17(21)20-15)4-3-9-18-16;1-12-7-8-14(11-13(12)2)9-10-17-18-15-5-3-4-6-16(15)22(20,21)19-17;1-10-3-4-12(7-11(10)2)5-6-14-19-15-13(16(21)20-14)8-17-9-18-15;1-10-3-4-12(9-11(10)2)5-6-14-18-15-13(16(21)19-14)7-8-17-20-15/h3-7,9,13-14H,8H2,1-2H3,(H,20,21,22);3-7,9,14-15H,8H2,1-2H3;3-10H,1-2H3,(H,19,20,21);3-10H,1-2H3,(H,18,19,20,21);3-11H,1-2H3,(H,18,19);3-9H,1-2H3,(H,17,18,19,20,21);3-9H,1-2H3,(H,18,19,20,21)/b;;6-5+;8-7+;10-9+;2*6-5+. The van der Waals surface area contributed by atoms with Gasteiger partial charge < -0.3 is 34.7 Å². The van der Waals surface area contributed by atoms with Gasteiger partial charge in [0.15, 0.2) is 16.9 Å². The zero-order valence-electron chi connectivity index (χ0n) is 85.0. The average molecular weight is 2010 g/mol. The number of hydrogen-bond acceptors (Lipinski definition) is 24. The van der Waals surface area contributed by atoms with Crippen molar-refractivity contribution in [3.05, 3.63) is 470 Å². The highest BCUT2D eigenvalue weighted by Crippen LogP contribution is 2.55. The maximum atomic E-state index is 12.1. The molecule has 6 N–H and O–H groups in total. The summed E-state index contributed by atoms with van der Waals surface area (Å²) < 4.78 is 33.5. The minimum absolute atomic E-state index is 0.0983. The van der Waals surface area contributed by atoms with Gasteiger partial charge in [-0.1, -0.05) is 170 Å². The summed E-state index contributed by atoms with van der Waals surface area (Å²) in [7, 11) is -3.64. The molecule has 0 saturated heterocycles. The number of para-hydroxylation sites is 1. The number of fused-ring (bicyclic) bond motifs is 7. The number of amidine groups is 1. The lowest BCUT2D eigenvalue weighted by atomic mass is 10.0. The molecule has 12 aromatic heterocycles. The maximum Gasteiger partial charge on any atom is 0.346 e. The first-order valence-corrected chi connectivity index (χ1v) is 50.0. The smallest absolute Gasteiger partial charge is 0.346 e. The molecule has 0 spiro atoms. The third kappa shape index (κ3) is 25.5. The summed E-state index contributed by atoms with van der Waals surface area (Å²) in [6.45, 7) is 29.2. The van der Waals surface area contributed by atoms with Crippen LogP contribution in [0.25, 0.3) is 120 Å². The van der Waals surface area contributed by atoms with Crippen LogP contribution < -0.4 is 38.7 Å². The fraction of sp³-hybridized carbons (Fsp3) is 0.168. The van der Waals surface area contributed by atoms with Crippen LogP contribution in [0.2, 0.25) is 0 Å². The van der Waals surface area contributed by atoms with Gasteiger partial charge in [0, 0.05) is 49.0 Å². The molecule has 13 heterocycles. The van der Waals surface area contributed by atoms with E-state index in [2.05, 4.69) is 286 Å². The number of aromatic nitrogens is 19. The molecule has 2 fully saturated rings. The third-order valence-corrected chi connectivity index (χ3v) is 27.8. The fourth-order valence-corrected chi connectivity index (χ4v) is 17.6. The molecule has 20 aromatic rings. The molecule has 2 aliphatic carbocycles. The van der Waals surface area contributed by atoms with E-state index >= 15 is 0 Å². The number of pyridine rings is 4. The highest BCUT2D eigenvalue weighted by Gasteiger charge is 2.44. The number of benzene rings is 8. The lowest BCUT2D eigenvalue weighted by Gasteiger charge is -2.15. The summed E-state index contributed by atoms with van der Waals surface area (Å²) in [5, 5.41) is 13.6. The van der Waals surface area contributed by atoms with Crippen molar-refractivity contribution in [2.45, 2.75) is 138 Å². The zero-order valence-corrected chi connectivity index (χ0v) is 85.8. The third-order valence-electron chi connectivity index (χ3n) is 26.5. The van der Waals surface area contributed by atoms with E-state index in [1.807, 2.05) is 73.7 Å². The highest BCUT2D eigenvalue weighted by molar-refractivity contribution is 7.90. The number of H-pyrrole nitrogens is 5. The minimum atomic E-state index is -3.64. The van der Waals surface area contributed by atoms with Crippen LogP contribution in [-0.2, 0) is 10.0 Å². The Hall–Kier alpha value is -18.5. The molecular weight excluding hydrogens is 1900 g/mol. The summed E-state index contributed by atoms with van der Waals surface area (Å²) in [6.07, 6.45) is 35.9. The monoisotopic (exact) mass is 2010 g/mol. The Bertz CT molecular complexity index is 8570. The lowest BCUT2D eigenvalue weighted by Crippen LogP contribution is -2.19. The molecule has 748 valence electrons. The molecule has 150 heavy (non-hydrogen) atoms. The topological polar surface area (TPSA) is 433 Å². The van der Waals surface area contributed by atoms with Crippen LogP contribution >= 0.6 is 0 Å². The number of anilines is 1. The highest BCUT2D eigenvalue weighted by atomic mass is 32.2. The molecular formula is C119H107N21O9S. The largest absolute Gasteiger partial charge is 0.408 e. The second-order valence-electron chi connectivity index (χ2n) is 37.2. The number of aromatic amines is 5. The van der Waals surface area contributed by atoms with E-state index in [9.17, 15) is 37.2 Å². The van der Waals surface area contributed by atoms with E-state index in [0.29, 0.717) is 119 Å². The molecule has 4 unspecified atom stereocenters. The maximum absolute atomic E-state index is 12.1. The number of nitrogens with zero attached hydrogens (tertiary/aromatic N) is 15. The summed E-state index contributed by atoms with van der Waals surface area (Å²) in [5.74, 6) is 4.98. The van der Waals surface area contributed by atoms with Gasteiger partial charge in [0.2, 0.25) is 5.89 Å². The van der Waals surface area contributed by atoms with E-state index in [0.717, 1.165) is 52.0 Å². The summed E-state index contributed by atoms with van der Waals surface area (Å²) in [4.78, 5) is 136. The predicted octanol–water partition coefficient (Wildman–Crippen LogP) is 21.4. The molecule has 8 aromatic carbocycles. The number of rotatable bonds is 14. The van der Waals surface area contributed by atoms with Crippen molar-refractivity contribution in [2.75, 3.05) is 5.32 Å². The molecule has 0 bridgehead atoms. The Morgan fingerprint density at radius 1 is 0.313 bits per heavy atom. The molecule has 4 atom stereocenters. The van der Waals surface area contributed by atoms with Crippen molar-refractivity contribution >= 4 is 142 Å². The molecule has 1 aliphatic heterocycles. The first kappa shape index (κ1) is 103. The van der Waals surface area contributed by atoms with Gasteiger partial charge in [0.25, 0.3) is 37.8 Å². The van der Waals surface area contributed by atoms with E-state index in [1.54, 1.807) is 134 Å². The lowest BCUT2D eigenvalue weighted by molar-refractivity contribution is 0.444. The van der Waals surface area contributed by atoms with Gasteiger partial charge in [-0.05, 0) is 317 Å². The molecule has 30 nitrogen and oxygen atoms in total. The second-order valence-corrected chi connectivity index (χ2v) is 38.8.